The van der Waals surface area contributed by atoms with Crippen LogP contribution in [0.15, 0.2) is 9.95 Å². The molecule has 1 rings (SSSR count). The summed E-state index contributed by atoms with van der Waals surface area (Å²) in [5.41, 5.74) is -0.519. The Bertz CT molecular complexity index is 308. The fourth-order valence-corrected chi connectivity index (χ4v) is 1.31. The molecule has 0 atom stereocenters. The van der Waals surface area contributed by atoms with Gasteiger partial charge in [-0.1, -0.05) is 11.8 Å². The van der Waals surface area contributed by atoms with Crippen LogP contribution in [0, 0.1) is 0 Å². The van der Waals surface area contributed by atoms with Crippen molar-refractivity contribution in [1.82, 2.24) is 14.8 Å². The maximum Gasteiger partial charge on any atom is 0.362 e. The van der Waals surface area contributed by atoms with Gasteiger partial charge in [0.15, 0.2) is 5.16 Å². The predicted octanol–water partition coefficient (Wildman–Crippen LogP) is 0.466. The Kier molecular flexibility index (Phi) is 2.85. The fraction of sp³-hybridized carbons (Fsp3) is 0.600. The zero-order valence-corrected chi connectivity index (χ0v) is 7.07. The maximum absolute atomic E-state index is 11.7. The van der Waals surface area contributed by atoms with Gasteiger partial charge < -0.3 is 0 Å². The summed E-state index contributed by atoms with van der Waals surface area (Å²) in [6.07, 6.45) is -2.39. The number of thioether (sulfide) groups is 1. The fourth-order valence-electron chi connectivity index (χ4n) is 0.645. The van der Waals surface area contributed by atoms with Gasteiger partial charge in [0.25, 0.3) is 0 Å². The summed E-state index contributed by atoms with van der Waals surface area (Å²) in [7, 11) is 1.54. The number of nitrogens with one attached hydrogen (secondary N) is 1. The van der Waals surface area contributed by atoms with Crippen LogP contribution < -0.4 is 5.69 Å². The van der Waals surface area contributed by atoms with Crippen LogP contribution in [0.3, 0.4) is 0 Å². The first-order chi connectivity index (χ1) is 5.59. The van der Waals surface area contributed by atoms with Crippen LogP contribution >= 0.6 is 11.8 Å². The Morgan fingerprint density at radius 3 is 2.83 bits per heavy atom. The lowest BCUT2D eigenvalue weighted by Crippen LogP contribution is -2.03. The van der Waals surface area contributed by atoms with Gasteiger partial charge in [-0.25, -0.2) is 18.7 Å². The number of nitrogens with zero attached hydrogens (tertiary/aromatic N) is 2. The molecule has 12 heavy (non-hydrogen) atoms. The van der Waals surface area contributed by atoms with Crippen LogP contribution in [-0.2, 0) is 7.05 Å². The first-order valence-corrected chi connectivity index (χ1v) is 4.12. The lowest BCUT2D eigenvalue weighted by molar-refractivity contribution is 0.176. The molecule has 0 bridgehead atoms. The van der Waals surface area contributed by atoms with Crippen LogP contribution in [0.2, 0.25) is 0 Å². The minimum Gasteiger partial charge on any atom is -0.264 e. The van der Waals surface area contributed by atoms with Gasteiger partial charge in [0, 0.05) is 7.05 Å². The molecule has 0 aliphatic heterocycles. The number of halogens is 2. The van der Waals surface area contributed by atoms with Crippen molar-refractivity contribution in [2.75, 3.05) is 5.75 Å². The van der Waals surface area contributed by atoms with Crippen molar-refractivity contribution in [2.45, 2.75) is 11.6 Å². The van der Waals surface area contributed by atoms with Gasteiger partial charge in [-0.2, -0.15) is 4.98 Å². The third-order valence-corrected chi connectivity index (χ3v) is 2.13. The minimum absolute atomic E-state index is 0.278. The number of aromatic nitrogens is 3. The lowest BCUT2D eigenvalue weighted by Gasteiger charge is -1.98. The summed E-state index contributed by atoms with van der Waals surface area (Å²) in [5, 5.41) is 2.59. The van der Waals surface area contributed by atoms with E-state index in [0.717, 1.165) is 11.8 Å². The van der Waals surface area contributed by atoms with Crippen LogP contribution in [0.25, 0.3) is 0 Å². The highest BCUT2D eigenvalue weighted by Gasteiger charge is 2.08. The van der Waals surface area contributed by atoms with E-state index in [4.69, 9.17) is 0 Å². The van der Waals surface area contributed by atoms with Crippen molar-refractivity contribution in [1.29, 1.82) is 0 Å². The number of aromatic amines is 1. The Balaban J connectivity index is 2.63. The molecule has 1 heterocycles. The molecule has 0 amide bonds. The highest BCUT2D eigenvalue weighted by molar-refractivity contribution is 7.99. The van der Waals surface area contributed by atoms with E-state index in [1.807, 2.05) is 0 Å². The number of H-pyrrole nitrogens is 1. The number of hydrogen-bond acceptors (Lipinski definition) is 3. The Labute approximate surface area is 71.0 Å². The maximum atomic E-state index is 11.7. The monoisotopic (exact) mass is 195 g/mol. The lowest BCUT2D eigenvalue weighted by atomic mass is 10.9. The number of alkyl halides is 2. The van der Waals surface area contributed by atoms with E-state index in [-0.39, 0.29) is 10.9 Å². The molecule has 0 spiro atoms. The number of rotatable bonds is 3. The second-order valence-corrected chi connectivity index (χ2v) is 3.06. The molecular weight excluding hydrogens is 188 g/mol. The summed E-state index contributed by atoms with van der Waals surface area (Å²) in [4.78, 5) is 14.0. The molecule has 0 saturated carbocycles. The molecule has 0 unspecified atom stereocenters. The molecule has 1 aromatic rings. The molecule has 0 aliphatic rings. The minimum atomic E-state index is -2.39. The van der Waals surface area contributed by atoms with Gasteiger partial charge in [-0.3, -0.25) is 4.68 Å². The molecule has 0 aromatic carbocycles. The van der Waals surface area contributed by atoms with Crippen molar-refractivity contribution in [3.63, 3.8) is 0 Å². The van der Waals surface area contributed by atoms with E-state index >= 15 is 0 Å². The van der Waals surface area contributed by atoms with Crippen LogP contribution in [0.1, 0.15) is 0 Å². The average molecular weight is 195 g/mol. The quantitative estimate of drug-likeness (QED) is 0.713. The largest absolute Gasteiger partial charge is 0.362 e. The van der Waals surface area contributed by atoms with E-state index in [2.05, 4.69) is 10.1 Å². The van der Waals surface area contributed by atoms with E-state index < -0.39 is 12.1 Å². The highest BCUT2D eigenvalue weighted by Crippen LogP contribution is 2.14. The normalized spacial score (nSPS) is 11.0. The van der Waals surface area contributed by atoms with Crippen molar-refractivity contribution < 1.29 is 8.78 Å². The summed E-state index contributed by atoms with van der Waals surface area (Å²) in [5.74, 6) is -0.349. The van der Waals surface area contributed by atoms with Gasteiger partial charge in [0.1, 0.15) is 0 Å². The molecule has 1 N–H and O–H groups in total. The SMILES string of the molecule is Cn1[nH]c(=O)nc1SCC(F)F. The second-order valence-electron chi connectivity index (χ2n) is 2.07. The van der Waals surface area contributed by atoms with Gasteiger partial charge in [0.2, 0.25) is 6.43 Å². The zero-order valence-electron chi connectivity index (χ0n) is 6.25. The third-order valence-electron chi connectivity index (χ3n) is 1.09. The third kappa shape index (κ3) is 2.33. The van der Waals surface area contributed by atoms with Crippen LogP contribution in [0.4, 0.5) is 8.78 Å². The Morgan fingerprint density at radius 2 is 2.42 bits per heavy atom. The summed E-state index contributed by atoms with van der Waals surface area (Å²) in [6.45, 7) is 0. The molecule has 0 radical (unpaired) electrons. The van der Waals surface area contributed by atoms with Crippen LogP contribution in [0.5, 0.6) is 0 Å². The van der Waals surface area contributed by atoms with Crippen molar-refractivity contribution in [3.05, 3.63) is 10.5 Å². The van der Waals surface area contributed by atoms with E-state index in [0.29, 0.717) is 0 Å². The van der Waals surface area contributed by atoms with Crippen LogP contribution in [-0.4, -0.2) is 26.9 Å². The zero-order chi connectivity index (χ0) is 9.14. The molecule has 7 heteroatoms. The summed E-state index contributed by atoms with van der Waals surface area (Å²) >= 11 is 0.847. The average Bonchev–Trinajstić information content (AvgIpc) is 2.26. The van der Waals surface area contributed by atoms with E-state index in [1.165, 1.54) is 4.68 Å². The van der Waals surface area contributed by atoms with Gasteiger partial charge in [0.05, 0.1) is 5.75 Å². The highest BCUT2D eigenvalue weighted by atomic mass is 32.2. The predicted molar refractivity (Wildman–Crippen MR) is 40.6 cm³/mol. The molecule has 0 fully saturated rings. The van der Waals surface area contributed by atoms with Crippen molar-refractivity contribution in [3.8, 4) is 0 Å². The molecule has 4 nitrogen and oxygen atoms in total. The second kappa shape index (κ2) is 3.70. The van der Waals surface area contributed by atoms with Gasteiger partial charge in [-0.15, -0.1) is 0 Å². The molecule has 0 aliphatic carbocycles. The van der Waals surface area contributed by atoms with Gasteiger partial charge in [-0.05, 0) is 0 Å². The van der Waals surface area contributed by atoms with Crippen molar-refractivity contribution >= 4 is 11.8 Å². The molecular formula is C5H7F2N3OS. The Morgan fingerprint density at radius 1 is 1.75 bits per heavy atom. The van der Waals surface area contributed by atoms with E-state index in [1.54, 1.807) is 7.05 Å². The topological polar surface area (TPSA) is 50.7 Å². The Hall–Kier alpha value is -0.850. The van der Waals surface area contributed by atoms with Crippen molar-refractivity contribution in [2.24, 2.45) is 7.05 Å². The van der Waals surface area contributed by atoms with Gasteiger partial charge >= 0.3 is 5.69 Å². The molecule has 1 aromatic heterocycles. The number of hydrogen-bond donors (Lipinski definition) is 1. The molecule has 68 valence electrons. The smallest absolute Gasteiger partial charge is 0.264 e. The first kappa shape index (κ1) is 9.24. The van der Waals surface area contributed by atoms with E-state index in [9.17, 15) is 13.6 Å². The summed E-state index contributed by atoms with van der Waals surface area (Å²) in [6, 6.07) is 0. The molecule has 0 saturated heterocycles. The standard InChI is InChI=1S/C5H7F2N3OS/c1-10-5(8-4(11)9-10)12-2-3(6)7/h3H,2H2,1H3,(H,9,11). The first-order valence-electron chi connectivity index (χ1n) is 3.13. The summed E-state index contributed by atoms with van der Waals surface area (Å²) < 4.78 is 24.7. The number of aryl methyl sites for hydroxylation is 1.